The van der Waals surface area contributed by atoms with Crippen LogP contribution in [0.1, 0.15) is 23.2 Å². The molecule has 2 aromatic rings. The third-order valence-electron chi connectivity index (χ3n) is 2.16. The predicted octanol–water partition coefficient (Wildman–Crippen LogP) is 2.59. The summed E-state index contributed by atoms with van der Waals surface area (Å²) in [7, 11) is 0. The number of nitrogens with one attached hydrogen (secondary N) is 1. The van der Waals surface area contributed by atoms with Crippen molar-refractivity contribution in [3.05, 3.63) is 52.7 Å². The Morgan fingerprint density at radius 1 is 1.39 bits per heavy atom. The van der Waals surface area contributed by atoms with E-state index < -0.39 is 5.91 Å². The number of rotatable bonds is 3. The molecule has 1 amide bonds. The first kappa shape index (κ1) is 12.5. The van der Waals surface area contributed by atoms with E-state index in [9.17, 15) is 4.79 Å². The van der Waals surface area contributed by atoms with Gasteiger partial charge in [-0.05, 0) is 47.1 Å². The predicted molar refractivity (Wildman–Crippen MR) is 70.3 cm³/mol. The number of pyridine rings is 1. The highest BCUT2D eigenvalue weighted by molar-refractivity contribution is 9.10. The summed E-state index contributed by atoms with van der Waals surface area (Å²) in [5.41, 5.74) is 3.73. The summed E-state index contributed by atoms with van der Waals surface area (Å²) in [5.74, 6) is -0.213. The molecule has 18 heavy (non-hydrogen) atoms. The minimum Gasteiger partial charge on any atom is -0.444 e. The normalized spacial score (nSPS) is 11.3. The van der Waals surface area contributed by atoms with Crippen LogP contribution in [0.2, 0.25) is 0 Å². The van der Waals surface area contributed by atoms with E-state index >= 15 is 0 Å². The molecule has 0 fully saturated rings. The van der Waals surface area contributed by atoms with Crippen LogP contribution in [0.3, 0.4) is 0 Å². The van der Waals surface area contributed by atoms with Gasteiger partial charge in [-0.15, -0.1) is 0 Å². The number of hydrazone groups is 1. The third-order valence-corrected chi connectivity index (χ3v) is 2.58. The first-order valence-corrected chi connectivity index (χ1v) is 5.97. The second-order valence-corrected chi connectivity index (χ2v) is 4.24. The molecular formula is C12H10BrN3O2. The molecule has 0 aliphatic rings. The fourth-order valence-electron chi connectivity index (χ4n) is 1.26. The largest absolute Gasteiger partial charge is 0.444 e. The van der Waals surface area contributed by atoms with E-state index in [-0.39, 0.29) is 5.76 Å². The van der Waals surface area contributed by atoms with Crippen LogP contribution in [0.5, 0.6) is 0 Å². The smallest absolute Gasteiger partial charge is 0.307 e. The van der Waals surface area contributed by atoms with Gasteiger partial charge in [-0.2, -0.15) is 5.10 Å². The van der Waals surface area contributed by atoms with Crippen LogP contribution >= 0.6 is 15.9 Å². The van der Waals surface area contributed by atoms with Gasteiger partial charge in [0.25, 0.3) is 0 Å². The molecule has 0 aromatic carbocycles. The van der Waals surface area contributed by atoms with Crippen LogP contribution in [0.25, 0.3) is 0 Å². The first-order valence-electron chi connectivity index (χ1n) is 5.18. The molecule has 0 spiro atoms. The molecule has 0 unspecified atom stereocenters. The highest BCUT2D eigenvalue weighted by Gasteiger charge is 2.09. The summed E-state index contributed by atoms with van der Waals surface area (Å²) in [6.45, 7) is 1.76. The van der Waals surface area contributed by atoms with Crippen molar-refractivity contribution in [2.24, 2.45) is 5.10 Å². The zero-order chi connectivity index (χ0) is 13.0. The lowest BCUT2D eigenvalue weighted by molar-refractivity contribution is 0.0926. The number of hydrogen-bond acceptors (Lipinski definition) is 4. The topological polar surface area (TPSA) is 67.5 Å². The molecule has 2 heterocycles. The number of furan rings is 1. The molecular weight excluding hydrogens is 298 g/mol. The molecule has 0 atom stereocenters. The molecule has 1 N–H and O–H groups in total. The van der Waals surface area contributed by atoms with Gasteiger partial charge in [-0.3, -0.25) is 9.78 Å². The van der Waals surface area contributed by atoms with E-state index in [0.717, 1.165) is 0 Å². The summed E-state index contributed by atoms with van der Waals surface area (Å²) in [6.07, 6.45) is 1.67. The first-order chi connectivity index (χ1) is 8.66. The van der Waals surface area contributed by atoms with E-state index in [1.807, 2.05) is 18.2 Å². The maximum Gasteiger partial charge on any atom is 0.307 e. The van der Waals surface area contributed by atoms with Gasteiger partial charge >= 0.3 is 5.91 Å². The van der Waals surface area contributed by atoms with Gasteiger partial charge in [0.1, 0.15) is 0 Å². The van der Waals surface area contributed by atoms with Crippen molar-refractivity contribution >= 4 is 27.5 Å². The van der Waals surface area contributed by atoms with Crippen LogP contribution in [0, 0.1) is 0 Å². The standard InChI is InChI=1S/C12H10BrN3O2/c1-8(9-4-2-3-7-14-9)15-16-12(17)10-5-6-11(13)18-10/h2-7H,1H3,(H,16,17)/b15-8+. The van der Waals surface area contributed by atoms with Crippen molar-refractivity contribution in [3.8, 4) is 0 Å². The second kappa shape index (κ2) is 5.59. The van der Waals surface area contributed by atoms with Crippen molar-refractivity contribution in [2.75, 3.05) is 0 Å². The van der Waals surface area contributed by atoms with Crippen molar-refractivity contribution < 1.29 is 9.21 Å². The molecule has 0 saturated carbocycles. The Morgan fingerprint density at radius 3 is 2.83 bits per heavy atom. The molecule has 2 aromatic heterocycles. The van der Waals surface area contributed by atoms with Gasteiger partial charge in [0, 0.05) is 6.20 Å². The molecule has 6 heteroatoms. The molecule has 0 saturated heterocycles. The summed E-state index contributed by atoms with van der Waals surface area (Å²) in [5, 5.41) is 3.96. The van der Waals surface area contributed by atoms with Crippen LogP contribution < -0.4 is 5.43 Å². The number of aromatic nitrogens is 1. The Morgan fingerprint density at radius 2 is 2.22 bits per heavy atom. The Balaban J connectivity index is 2.05. The monoisotopic (exact) mass is 307 g/mol. The maximum absolute atomic E-state index is 11.6. The van der Waals surface area contributed by atoms with Crippen LogP contribution in [-0.4, -0.2) is 16.6 Å². The summed E-state index contributed by atoms with van der Waals surface area (Å²) in [6, 6.07) is 8.69. The number of nitrogens with zero attached hydrogens (tertiary/aromatic N) is 2. The Hall–Kier alpha value is -1.95. The Bertz CT molecular complexity index is 578. The molecule has 0 bridgehead atoms. The zero-order valence-corrected chi connectivity index (χ0v) is 11.1. The van der Waals surface area contributed by atoms with E-state index in [4.69, 9.17) is 4.42 Å². The SMILES string of the molecule is C/C(=N\NC(=O)c1ccc(Br)o1)c1ccccn1. The molecule has 5 nitrogen and oxygen atoms in total. The molecule has 2 rings (SSSR count). The molecule has 0 aliphatic carbocycles. The molecule has 0 aliphatic heterocycles. The van der Waals surface area contributed by atoms with Crippen molar-refractivity contribution in [2.45, 2.75) is 6.92 Å². The number of amides is 1. The van der Waals surface area contributed by atoms with Gasteiger partial charge in [0.2, 0.25) is 0 Å². The van der Waals surface area contributed by atoms with Crippen molar-refractivity contribution in [1.82, 2.24) is 10.4 Å². The van der Waals surface area contributed by atoms with Gasteiger partial charge in [-0.1, -0.05) is 6.07 Å². The Labute approximate surface area is 112 Å². The van der Waals surface area contributed by atoms with E-state index in [1.165, 1.54) is 0 Å². The third kappa shape index (κ3) is 3.04. The second-order valence-electron chi connectivity index (χ2n) is 3.46. The summed E-state index contributed by atoms with van der Waals surface area (Å²) in [4.78, 5) is 15.8. The molecule has 0 radical (unpaired) electrons. The van der Waals surface area contributed by atoms with Crippen LogP contribution in [0.4, 0.5) is 0 Å². The van der Waals surface area contributed by atoms with Crippen LogP contribution in [-0.2, 0) is 0 Å². The van der Waals surface area contributed by atoms with Crippen LogP contribution in [0.15, 0.2) is 50.7 Å². The van der Waals surface area contributed by atoms with E-state index in [0.29, 0.717) is 16.1 Å². The minimum atomic E-state index is -0.406. The molecule has 92 valence electrons. The van der Waals surface area contributed by atoms with Gasteiger partial charge in [0.05, 0.1) is 11.4 Å². The average molecular weight is 308 g/mol. The quantitative estimate of drug-likeness (QED) is 0.700. The van der Waals surface area contributed by atoms with E-state index in [2.05, 4.69) is 31.4 Å². The lowest BCUT2D eigenvalue weighted by atomic mass is 10.3. The summed E-state index contributed by atoms with van der Waals surface area (Å²) < 4.78 is 5.60. The highest BCUT2D eigenvalue weighted by atomic mass is 79.9. The lowest BCUT2D eigenvalue weighted by Gasteiger charge is -2.00. The average Bonchev–Trinajstić information content (AvgIpc) is 2.83. The summed E-state index contributed by atoms with van der Waals surface area (Å²) >= 11 is 3.12. The van der Waals surface area contributed by atoms with Crippen molar-refractivity contribution in [1.29, 1.82) is 0 Å². The highest BCUT2D eigenvalue weighted by Crippen LogP contribution is 2.13. The van der Waals surface area contributed by atoms with Gasteiger partial charge in [-0.25, -0.2) is 5.43 Å². The van der Waals surface area contributed by atoms with E-state index in [1.54, 1.807) is 25.3 Å². The fraction of sp³-hybridized carbons (Fsp3) is 0.0833. The number of halogens is 1. The fourth-order valence-corrected chi connectivity index (χ4v) is 1.57. The zero-order valence-electron chi connectivity index (χ0n) is 9.55. The number of carbonyl (C=O) groups excluding carboxylic acids is 1. The number of hydrogen-bond donors (Lipinski definition) is 1. The van der Waals surface area contributed by atoms with Gasteiger partial charge in [0.15, 0.2) is 10.4 Å². The Kier molecular flexibility index (Phi) is 3.88. The van der Waals surface area contributed by atoms with Gasteiger partial charge < -0.3 is 4.42 Å². The lowest BCUT2D eigenvalue weighted by Crippen LogP contribution is -2.18. The van der Waals surface area contributed by atoms with Crippen molar-refractivity contribution in [3.63, 3.8) is 0 Å². The number of carbonyl (C=O) groups is 1. The maximum atomic E-state index is 11.6. The minimum absolute atomic E-state index is 0.194.